The molecule has 0 spiro atoms. The fourth-order valence-corrected chi connectivity index (χ4v) is 1.29. The molecule has 0 unspecified atom stereocenters. The van der Waals surface area contributed by atoms with Gasteiger partial charge in [0.05, 0.1) is 18.4 Å². The summed E-state index contributed by atoms with van der Waals surface area (Å²) in [6.07, 6.45) is 1.73. The van der Waals surface area contributed by atoms with E-state index in [1.807, 2.05) is 45.0 Å². The minimum Gasteiger partial charge on any atom is -0.349 e. The Hall–Kier alpha value is -0.860. The highest BCUT2D eigenvalue weighted by Crippen LogP contribution is 1.98. The van der Waals surface area contributed by atoms with Crippen molar-refractivity contribution in [1.82, 2.24) is 24.8 Å². The monoisotopic (exact) mass is 338 g/mol. The minimum absolute atomic E-state index is 0. The third-order valence-electron chi connectivity index (χ3n) is 1.99. The highest BCUT2D eigenvalue weighted by atomic mass is 127. The Kier molecular flexibility index (Phi) is 6.31. The molecule has 0 aromatic carbocycles. The first kappa shape index (κ1) is 15.1. The Morgan fingerprint density at radius 3 is 2.25 bits per heavy atom. The Morgan fingerprint density at radius 1 is 1.31 bits per heavy atom. The van der Waals surface area contributed by atoms with Crippen molar-refractivity contribution in [1.29, 1.82) is 0 Å². The van der Waals surface area contributed by atoms with Crippen molar-refractivity contribution in [3.63, 3.8) is 0 Å². The first-order chi connectivity index (χ1) is 7.02. The zero-order valence-electron chi connectivity index (χ0n) is 10.4. The molecule has 0 saturated heterocycles. The van der Waals surface area contributed by atoms with Crippen molar-refractivity contribution >= 4 is 29.9 Å². The second-order valence-corrected chi connectivity index (χ2v) is 3.75. The summed E-state index contributed by atoms with van der Waals surface area (Å²) >= 11 is 0. The molecule has 0 amide bonds. The third kappa shape index (κ3) is 3.95. The maximum absolute atomic E-state index is 4.49. The lowest BCUT2D eigenvalue weighted by Crippen LogP contribution is -2.35. The number of aliphatic imine (C=N–C) groups is 1. The van der Waals surface area contributed by atoms with Gasteiger partial charge in [0.2, 0.25) is 0 Å². The zero-order chi connectivity index (χ0) is 11.4. The minimum atomic E-state index is 0. The van der Waals surface area contributed by atoms with Crippen LogP contribution in [0, 0.1) is 0 Å². The van der Waals surface area contributed by atoms with Gasteiger partial charge in [0, 0.05) is 35.2 Å². The van der Waals surface area contributed by atoms with Crippen LogP contribution in [0.4, 0.5) is 0 Å². The van der Waals surface area contributed by atoms with Crippen LogP contribution in [-0.4, -0.2) is 58.9 Å². The molecule has 0 bridgehead atoms. The molecular formula is C9H19IN6. The van der Waals surface area contributed by atoms with E-state index in [2.05, 4.69) is 15.3 Å². The number of hydrogen-bond acceptors (Lipinski definition) is 3. The van der Waals surface area contributed by atoms with Gasteiger partial charge < -0.3 is 9.80 Å². The van der Waals surface area contributed by atoms with Crippen LogP contribution < -0.4 is 0 Å². The Bertz CT molecular complexity index is 334. The van der Waals surface area contributed by atoms with Gasteiger partial charge in [0.15, 0.2) is 5.96 Å². The molecule has 7 heteroatoms. The van der Waals surface area contributed by atoms with Crippen LogP contribution >= 0.6 is 24.0 Å². The van der Waals surface area contributed by atoms with E-state index >= 15 is 0 Å². The Morgan fingerprint density at radius 2 is 1.88 bits per heavy atom. The van der Waals surface area contributed by atoms with Crippen molar-refractivity contribution in [2.24, 2.45) is 12.0 Å². The summed E-state index contributed by atoms with van der Waals surface area (Å²) in [6, 6.07) is 0. The number of guanidine groups is 1. The molecular weight excluding hydrogens is 319 g/mol. The summed E-state index contributed by atoms with van der Waals surface area (Å²) in [7, 11) is 9.75. The molecule has 1 heterocycles. The van der Waals surface area contributed by atoms with Gasteiger partial charge in [-0.2, -0.15) is 0 Å². The van der Waals surface area contributed by atoms with Crippen LogP contribution in [0.1, 0.15) is 5.69 Å². The van der Waals surface area contributed by atoms with Crippen molar-refractivity contribution in [2.45, 2.75) is 6.54 Å². The highest BCUT2D eigenvalue weighted by molar-refractivity contribution is 14.0. The maximum atomic E-state index is 4.49. The summed E-state index contributed by atoms with van der Waals surface area (Å²) in [5.74, 6) is 0.927. The predicted molar refractivity (Wildman–Crippen MR) is 74.9 cm³/mol. The quantitative estimate of drug-likeness (QED) is 0.445. The molecule has 1 rings (SSSR count). The fourth-order valence-electron chi connectivity index (χ4n) is 1.29. The SMILES string of the molecule is CN(C)C(=NCc1cnnn1C)N(C)C.I. The van der Waals surface area contributed by atoms with Gasteiger partial charge in [-0.05, 0) is 0 Å². The van der Waals surface area contributed by atoms with E-state index in [1.54, 1.807) is 10.9 Å². The molecule has 0 aliphatic rings. The second kappa shape index (κ2) is 6.66. The zero-order valence-corrected chi connectivity index (χ0v) is 12.7. The molecule has 0 N–H and O–H groups in total. The molecule has 0 atom stereocenters. The topological polar surface area (TPSA) is 49.6 Å². The van der Waals surface area contributed by atoms with Gasteiger partial charge in [0.1, 0.15) is 0 Å². The lowest BCUT2D eigenvalue weighted by Gasteiger charge is -2.22. The van der Waals surface area contributed by atoms with Crippen LogP contribution in [0.3, 0.4) is 0 Å². The fraction of sp³-hybridized carbons (Fsp3) is 0.667. The average Bonchev–Trinajstić information content (AvgIpc) is 2.51. The van der Waals surface area contributed by atoms with Gasteiger partial charge >= 0.3 is 0 Å². The molecule has 6 nitrogen and oxygen atoms in total. The maximum Gasteiger partial charge on any atom is 0.195 e. The van der Waals surface area contributed by atoms with Gasteiger partial charge in [-0.3, -0.25) is 4.68 Å². The average molecular weight is 338 g/mol. The lowest BCUT2D eigenvalue weighted by molar-refractivity contribution is 0.478. The second-order valence-electron chi connectivity index (χ2n) is 3.75. The van der Waals surface area contributed by atoms with Gasteiger partial charge in [-0.1, -0.05) is 5.21 Å². The van der Waals surface area contributed by atoms with Crippen molar-refractivity contribution in [2.75, 3.05) is 28.2 Å². The molecule has 1 aromatic rings. The van der Waals surface area contributed by atoms with Gasteiger partial charge in [-0.25, -0.2) is 4.99 Å². The Labute approximate surface area is 113 Å². The van der Waals surface area contributed by atoms with Gasteiger partial charge in [-0.15, -0.1) is 29.1 Å². The summed E-state index contributed by atoms with van der Waals surface area (Å²) in [6.45, 7) is 0.592. The number of rotatable bonds is 2. The number of aryl methyl sites for hydroxylation is 1. The van der Waals surface area contributed by atoms with Gasteiger partial charge in [0.25, 0.3) is 0 Å². The van der Waals surface area contributed by atoms with E-state index in [-0.39, 0.29) is 24.0 Å². The summed E-state index contributed by atoms with van der Waals surface area (Å²) < 4.78 is 1.73. The van der Waals surface area contributed by atoms with E-state index in [1.165, 1.54) is 0 Å². The number of aromatic nitrogens is 3. The molecule has 92 valence electrons. The largest absolute Gasteiger partial charge is 0.349 e. The summed E-state index contributed by atoms with van der Waals surface area (Å²) in [4.78, 5) is 8.45. The lowest BCUT2D eigenvalue weighted by atomic mass is 10.5. The highest BCUT2D eigenvalue weighted by Gasteiger charge is 2.05. The van der Waals surface area contributed by atoms with Crippen molar-refractivity contribution < 1.29 is 0 Å². The van der Waals surface area contributed by atoms with E-state index in [4.69, 9.17) is 0 Å². The van der Waals surface area contributed by atoms with Crippen LogP contribution in [0.2, 0.25) is 0 Å². The molecule has 1 aromatic heterocycles. The van der Waals surface area contributed by atoms with Crippen LogP contribution in [0.5, 0.6) is 0 Å². The molecule has 0 saturated carbocycles. The standard InChI is InChI=1S/C9H18N6.HI/c1-13(2)9(14(3)4)10-6-8-7-11-12-15(8)5;/h7H,6H2,1-5H3;1H. The smallest absolute Gasteiger partial charge is 0.195 e. The Balaban J connectivity index is 0.00000225. The molecule has 16 heavy (non-hydrogen) atoms. The molecule has 0 aliphatic heterocycles. The molecule has 0 fully saturated rings. The summed E-state index contributed by atoms with van der Waals surface area (Å²) in [5, 5.41) is 7.66. The third-order valence-corrected chi connectivity index (χ3v) is 1.99. The van der Waals surface area contributed by atoms with E-state index in [0.29, 0.717) is 6.54 Å². The van der Waals surface area contributed by atoms with Crippen LogP contribution in [0.25, 0.3) is 0 Å². The number of hydrogen-bond donors (Lipinski definition) is 0. The normalized spacial score (nSPS) is 9.31. The van der Waals surface area contributed by atoms with Crippen LogP contribution in [-0.2, 0) is 13.6 Å². The first-order valence-electron chi connectivity index (χ1n) is 4.75. The molecule has 0 aliphatic carbocycles. The number of nitrogens with zero attached hydrogens (tertiary/aromatic N) is 6. The molecule has 0 radical (unpaired) electrons. The van der Waals surface area contributed by atoms with Crippen LogP contribution in [0.15, 0.2) is 11.2 Å². The summed E-state index contributed by atoms with van der Waals surface area (Å²) in [5.41, 5.74) is 0.996. The number of halogens is 1. The first-order valence-corrected chi connectivity index (χ1v) is 4.75. The van der Waals surface area contributed by atoms with Crippen molar-refractivity contribution in [3.05, 3.63) is 11.9 Å². The van der Waals surface area contributed by atoms with Crippen molar-refractivity contribution in [3.8, 4) is 0 Å². The van der Waals surface area contributed by atoms with E-state index in [0.717, 1.165) is 11.7 Å². The van der Waals surface area contributed by atoms with E-state index in [9.17, 15) is 0 Å². The predicted octanol–water partition coefficient (Wildman–Crippen LogP) is 0.412. The van der Waals surface area contributed by atoms with E-state index < -0.39 is 0 Å².